The molecule has 0 bridgehead atoms. The molecule has 0 spiro atoms. The average molecular weight is 313 g/mol. The zero-order valence-corrected chi connectivity index (χ0v) is 13.9. The van der Waals surface area contributed by atoms with Crippen LogP contribution < -0.4 is 15.1 Å². The molecular weight excluding hydrogens is 286 g/mol. The minimum absolute atomic E-state index is 0.0357. The summed E-state index contributed by atoms with van der Waals surface area (Å²) in [4.78, 5) is 15.6. The van der Waals surface area contributed by atoms with Crippen molar-refractivity contribution >= 4 is 16.7 Å². The normalized spacial score (nSPS) is 21.3. The highest BCUT2D eigenvalue weighted by molar-refractivity contribution is 5.98. The van der Waals surface area contributed by atoms with E-state index in [2.05, 4.69) is 18.4 Å². The number of benzene rings is 2. The van der Waals surface area contributed by atoms with Gasteiger partial charge in [0.25, 0.3) is 5.91 Å². The lowest BCUT2D eigenvalue weighted by Gasteiger charge is -2.27. The summed E-state index contributed by atoms with van der Waals surface area (Å²) in [7, 11) is 2.26. The topological polar surface area (TPSA) is 38.0 Å². The molecular formula is C19H27N3O+2. The molecule has 23 heavy (non-hydrogen) atoms. The van der Waals surface area contributed by atoms with Gasteiger partial charge in [-0.2, -0.15) is 0 Å². The Kier molecular flexibility index (Phi) is 5.26. The van der Waals surface area contributed by atoms with Gasteiger partial charge in [0.1, 0.15) is 26.2 Å². The van der Waals surface area contributed by atoms with E-state index in [9.17, 15) is 4.79 Å². The summed E-state index contributed by atoms with van der Waals surface area (Å²) in [6, 6.07) is 14.0. The van der Waals surface area contributed by atoms with Crippen LogP contribution in [0.25, 0.3) is 10.8 Å². The largest absolute Gasteiger partial charge is 0.352 e. The van der Waals surface area contributed by atoms with Crippen LogP contribution in [0.1, 0.15) is 16.8 Å². The maximum absolute atomic E-state index is 12.3. The predicted octanol–water partition coefficient (Wildman–Crippen LogP) is -0.627. The van der Waals surface area contributed by atoms with Crippen molar-refractivity contribution in [2.75, 3.05) is 46.3 Å². The van der Waals surface area contributed by atoms with Crippen molar-refractivity contribution in [1.82, 2.24) is 5.32 Å². The quantitative estimate of drug-likeness (QED) is 0.632. The van der Waals surface area contributed by atoms with Gasteiger partial charge in [-0.25, -0.2) is 0 Å². The van der Waals surface area contributed by atoms with Crippen molar-refractivity contribution in [1.29, 1.82) is 0 Å². The molecule has 0 aliphatic carbocycles. The first kappa shape index (κ1) is 16.0. The maximum atomic E-state index is 12.3. The van der Waals surface area contributed by atoms with E-state index >= 15 is 0 Å². The number of likely N-dealkylation sites (N-methyl/N-ethyl adjacent to an activating group) is 1. The lowest BCUT2D eigenvalue weighted by atomic mass is 10.1. The van der Waals surface area contributed by atoms with Crippen LogP contribution in [-0.2, 0) is 0 Å². The maximum Gasteiger partial charge on any atom is 0.251 e. The Morgan fingerprint density at radius 2 is 1.78 bits per heavy atom. The van der Waals surface area contributed by atoms with Crippen LogP contribution in [0.15, 0.2) is 42.5 Å². The van der Waals surface area contributed by atoms with Crippen molar-refractivity contribution in [3.8, 4) is 0 Å². The molecule has 0 atom stereocenters. The van der Waals surface area contributed by atoms with Crippen molar-refractivity contribution in [3.63, 3.8) is 0 Å². The molecule has 1 heterocycles. The number of carbonyl (C=O) groups is 1. The van der Waals surface area contributed by atoms with Crippen LogP contribution in [0.3, 0.4) is 0 Å². The van der Waals surface area contributed by atoms with E-state index in [4.69, 9.17) is 0 Å². The molecule has 1 aliphatic heterocycles. The number of hydrogen-bond donors (Lipinski definition) is 3. The molecule has 0 unspecified atom stereocenters. The zero-order chi connectivity index (χ0) is 16.1. The summed E-state index contributed by atoms with van der Waals surface area (Å²) >= 11 is 0. The van der Waals surface area contributed by atoms with Crippen LogP contribution in [0, 0.1) is 0 Å². The minimum atomic E-state index is 0.0357. The fourth-order valence-electron chi connectivity index (χ4n) is 3.25. The number of hydrogen-bond acceptors (Lipinski definition) is 1. The smallest absolute Gasteiger partial charge is 0.251 e. The Morgan fingerprint density at radius 1 is 1.04 bits per heavy atom. The molecule has 1 amide bonds. The van der Waals surface area contributed by atoms with Crippen molar-refractivity contribution in [3.05, 3.63) is 48.0 Å². The first-order valence-corrected chi connectivity index (χ1v) is 8.64. The lowest BCUT2D eigenvalue weighted by Crippen LogP contribution is -3.27. The molecule has 1 aliphatic rings. The molecule has 1 fully saturated rings. The van der Waals surface area contributed by atoms with Crippen LogP contribution in [0.2, 0.25) is 0 Å². The van der Waals surface area contributed by atoms with Crippen molar-refractivity contribution in [2.24, 2.45) is 0 Å². The van der Waals surface area contributed by atoms with Gasteiger partial charge in [-0.15, -0.1) is 0 Å². The second-order valence-corrected chi connectivity index (χ2v) is 6.63. The molecule has 1 saturated heterocycles. The third-order valence-electron chi connectivity index (χ3n) is 4.81. The number of quaternary nitrogens is 2. The molecule has 2 aromatic carbocycles. The number of rotatable bonds is 5. The fraction of sp³-hybridized carbons (Fsp3) is 0.421. The summed E-state index contributed by atoms with van der Waals surface area (Å²) in [5.74, 6) is 0.0357. The van der Waals surface area contributed by atoms with E-state index < -0.39 is 0 Å². The summed E-state index contributed by atoms with van der Waals surface area (Å²) in [5.41, 5.74) is 0.749. The number of piperazine rings is 1. The molecule has 0 radical (unpaired) electrons. The van der Waals surface area contributed by atoms with Gasteiger partial charge in [-0.1, -0.05) is 30.3 Å². The SMILES string of the molecule is C[NH+]1CC[NH+](CCCNC(=O)c2ccc3ccccc3c2)CC1. The van der Waals surface area contributed by atoms with Crippen LogP contribution >= 0.6 is 0 Å². The van der Waals surface area contributed by atoms with Gasteiger partial charge in [0.15, 0.2) is 0 Å². The van der Waals surface area contributed by atoms with Crippen LogP contribution in [0.4, 0.5) is 0 Å². The molecule has 2 aromatic rings. The first-order valence-electron chi connectivity index (χ1n) is 8.64. The molecule has 4 nitrogen and oxygen atoms in total. The van der Waals surface area contributed by atoms with Gasteiger partial charge in [0.2, 0.25) is 0 Å². The van der Waals surface area contributed by atoms with E-state index in [1.54, 1.807) is 9.80 Å². The van der Waals surface area contributed by atoms with E-state index in [1.807, 2.05) is 36.4 Å². The Morgan fingerprint density at radius 3 is 2.57 bits per heavy atom. The Hall–Kier alpha value is -1.91. The summed E-state index contributed by atoms with van der Waals surface area (Å²) < 4.78 is 0. The standard InChI is InChI=1S/C19H25N3O/c1-21-11-13-22(14-12-21)10-4-9-20-19(23)18-8-7-16-5-2-3-6-17(16)15-18/h2-3,5-8,15H,4,9-14H2,1H3,(H,20,23)/p+2. The summed E-state index contributed by atoms with van der Waals surface area (Å²) in [5, 5.41) is 5.34. The lowest BCUT2D eigenvalue weighted by molar-refractivity contribution is -1.00. The average Bonchev–Trinajstić information content (AvgIpc) is 2.59. The molecule has 0 saturated carbocycles. The Balaban J connectivity index is 1.45. The zero-order valence-electron chi connectivity index (χ0n) is 13.9. The van der Waals surface area contributed by atoms with Gasteiger partial charge in [-0.3, -0.25) is 4.79 Å². The number of carbonyl (C=O) groups excluding carboxylic acids is 1. The van der Waals surface area contributed by atoms with E-state index in [0.29, 0.717) is 0 Å². The summed E-state index contributed by atoms with van der Waals surface area (Å²) in [6.45, 7) is 6.95. The molecule has 0 aromatic heterocycles. The van der Waals surface area contributed by atoms with E-state index in [-0.39, 0.29) is 5.91 Å². The van der Waals surface area contributed by atoms with E-state index in [0.717, 1.165) is 30.5 Å². The molecule has 122 valence electrons. The highest BCUT2D eigenvalue weighted by Gasteiger charge is 2.19. The third kappa shape index (κ3) is 4.30. The number of amides is 1. The van der Waals surface area contributed by atoms with Crippen molar-refractivity contribution in [2.45, 2.75) is 6.42 Å². The van der Waals surface area contributed by atoms with Crippen LogP contribution in [0.5, 0.6) is 0 Å². The molecule has 3 rings (SSSR count). The Labute approximate surface area is 138 Å². The predicted molar refractivity (Wildman–Crippen MR) is 93.1 cm³/mol. The molecule has 4 heteroatoms. The van der Waals surface area contributed by atoms with Gasteiger partial charge < -0.3 is 15.1 Å². The van der Waals surface area contributed by atoms with Gasteiger partial charge in [0, 0.05) is 18.5 Å². The molecule has 3 N–H and O–H groups in total. The summed E-state index contributed by atoms with van der Waals surface area (Å²) in [6.07, 6.45) is 1.05. The Bertz CT molecular complexity index is 662. The van der Waals surface area contributed by atoms with Gasteiger partial charge >= 0.3 is 0 Å². The van der Waals surface area contributed by atoms with Gasteiger partial charge in [-0.05, 0) is 22.9 Å². The monoisotopic (exact) mass is 313 g/mol. The highest BCUT2D eigenvalue weighted by atomic mass is 16.1. The second-order valence-electron chi connectivity index (χ2n) is 6.63. The van der Waals surface area contributed by atoms with Crippen molar-refractivity contribution < 1.29 is 14.6 Å². The second kappa shape index (κ2) is 7.57. The van der Waals surface area contributed by atoms with Crippen LogP contribution in [-0.4, -0.2) is 52.2 Å². The van der Waals surface area contributed by atoms with E-state index in [1.165, 1.54) is 31.6 Å². The highest BCUT2D eigenvalue weighted by Crippen LogP contribution is 2.15. The third-order valence-corrected chi connectivity index (χ3v) is 4.81. The number of nitrogens with one attached hydrogen (secondary N) is 3. The minimum Gasteiger partial charge on any atom is -0.352 e. The first-order chi connectivity index (χ1) is 11.2. The van der Waals surface area contributed by atoms with Gasteiger partial charge in [0.05, 0.1) is 13.6 Å². The fourth-order valence-corrected chi connectivity index (χ4v) is 3.25. The number of fused-ring (bicyclic) bond motifs is 1.